The summed E-state index contributed by atoms with van der Waals surface area (Å²) in [5, 5.41) is 0. The van der Waals surface area contributed by atoms with Crippen LogP contribution in [-0.4, -0.2) is 63.2 Å². The molecule has 0 atom stereocenters. The van der Waals surface area contributed by atoms with E-state index in [-0.39, 0.29) is 0 Å². The SMILES string of the molecule is CS(=O)(=O)N1CCN(CCCOc2ccc(N)cc2)CC1. The van der Waals surface area contributed by atoms with Crippen LogP contribution in [0.2, 0.25) is 0 Å². The average molecular weight is 313 g/mol. The van der Waals surface area contributed by atoms with Gasteiger partial charge in [-0.2, -0.15) is 4.31 Å². The zero-order valence-corrected chi connectivity index (χ0v) is 13.2. The number of nitrogens with two attached hydrogens (primary N) is 1. The molecule has 1 aromatic rings. The van der Waals surface area contributed by atoms with Gasteiger partial charge in [0.15, 0.2) is 0 Å². The first-order valence-electron chi connectivity index (χ1n) is 7.11. The summed E-state index contributed by atoms with van der Waals surface area (Å²) in [5.74, 6) is 0.825. The molecule has 118 valence electrons. The van der Waals surface area contributed by atoms with Gasteiger partial charge in [-0.1, -0.05) is 0 Å². The summed E-state index contributed by atoms with van der Waals surface area (Å²) in [6, 6.07) is 7.36. The van der Waals surface area contributed by atoms with Crippen molar-refractivity contribution < 1.29 is 13.2 Å². The molecule has 1 aromatic carbocycles. The summed E-state index contributed by atoms with van der Waals surface area (Å²) in [4.78, 5) is 2.27. The standard InChI is InChI=1S/C14H23N3O3S/c1-21(18,19)17-10-8-16(9-11-17)7-2-12-20-14-5-3-13(15)4-6-14/h3-6H,2,7-12,15H2,1H3. The fourth-order valence-electron chi connectivity index (χ4n) is 2.33. The molecule has 0 spiro atoms. The zero-order valence-electron chi connectivity index (χ0n) is 12.4. The molecule has 7 heteroatoms. The molecule has 0 radical (unpaired) electrons. The molecule has 0 unspecified atom stereocenters. The first kappa shape index (κ1) is 16.1. The lowest BCUT2D eigenvalue weighted by molar-refractivity contribution is 0.175. The van der Waals surface area contributed by atoms with E-state index < -0.39 is 10.0 Å². The van der Waals surface area contributed by atoms with Gasteiger partial charge in [0.25, 0.3) is 0 Å². The number of hydrogen-bond acceptors (Lipinski definition) is 5. The smallest absolute Gasteiger partial charge is 0.211 e. The van der Waals surface area contributed by atoms with Crippen LogP contribution in [0.3, 0.4) is 0 Å². The van der Waals surface area contributed by atoms with Crippen LogP contribution in [0.1, 0.15) is 6.42 Å². The van der Waals surface area contributed by atoms with Gasteiger partial charge in [0.1, 0.15) is 5.75 Å². The highest BCUT2D eigenvalue weighted by molar-refractivity contribution is 7.88. The van der Waals surface area contributed by atoms with Gasteiger partial charge in [-0.05, 0) is 30.7 Å². The van der Waals surface area contributed by atoms with Gasteiger partial charge in [-0.15, -0.1) is 0 Å². The van der Waals surface area contributed by atoms with Crippen LogP contribution in [0.4, 0.5) is 5.69 Å². The van der Waals surface area contributed by atoms with Crippen molar-refractivity contribution >= 4 is 15.7 Å². The highest BCUT2D eigenvalue weighted by atomic mass is 32.2. The Hall–Kier alpha value is -1.31. The Morgan fingerprint density at radius 3 is 2.33 bits per heavy atom. The number of rotatable bonds is 6. The monoisotopic (exact) mass is 313 g/mol. The topological polar surface area (TPSA) is 75.9 Å². The van der Waals surface area contributed by atoms with E-state index in [2.05, 4.69) is 4.90 Å². The molecule has 1 aliphatic heterocycles. The van der Waals surface area contributed by atoms with Crippen molar-refractivity contribution in [2.24, 2.45) is 0 Å². The second-order valence-electron chi connectivity index (χ2n) is 5.27. The van der Waals surface area contributed by atoms with Crippen molar-refractivity contribution in [2.45, 2.75) is 6.42 Å². The molecule has 0 aromatic heterocycles. The van der Waals surface area contributed by atoms with Crippen molar-refractivity contribution in [1.82, 2.24) is 9.21 Å². The van der Waals surface area contributed by atoms with E-state index >= 15 is 0 Å². The molecule has 1 aliphatic rings. The first-order valence-corrected chi connectivity index (χ1v) is 8.96. The maximum Gasteiger partial charge on any atom is 0.211 e. The van der Waals surface area contributed by atoms with E-state index in [1.807, 2.05) is 24.3 Å². The van der Waals surface area contributed by atoms with E-state index in [1.54, 1.807) is 0 Å². The summed E-state index contributed by atoms with van der Waals surface area (Å²) >= 11 is 0. The Labute approximate surface area is 126 Å². The minimum Gasteiger partial charge on any atom is -0.494 e. The average Bonchev–Trinajstić information content (AvgIpc) is 2.45. The second kappa shape index (κ2) is 7.11. The fraction of sp³-hybridized carbons (Fsp3) is 0.571. The molecule has 21 heavy (non-hydrogen) atoms. The summed E-state index contributed by atoms with van der Waals surface area (Å²) in [6.45, 7) is 4.31. The van der Waals surface area contributed by atoms with Crippen molar-refractivity contribution in [2.75, 3.05) is 51.3 Å². The third-order valence-electron chi connectivity index (χ3n) is 3.57. The summed E-state index contributed by atoms with van der Waals surface area (Å²) < 4.78 is 30.0. The second-order valence-corrected chi connectivity index (χ2v) is 7.26. The van der Waals surface area contributed by atoms with Gasteiger partial charge in [0.05, 0.1) is 12.9 Å². The minimum atomic E-state index is -3.04. The maximum absolute atomic E-state index is 11.4. The Bertz CT molecular complexity index is 537. The van der Waals surface area contributed by atoms with Crippen LogP contribution in [0.25, 0.3) is 0 Å². The maximum atomic E-state index is 11.4. The zero-order chi connectivity index (χ0) is 15.3. The molecule has 2 N–H and O–H groups in total. The van der Waals surface area contributed by atoms with Gasteiger partial charge in [-0.25, -0.2) is 8.42 Å². The van der Waals surface area contributed by atoms with E-state index in [0.29, 0.717) is 19.7 Å². The third-order valence-corrected chi connectivity index (χ3v) is 4.87. The Kier molecular flexibility index (Phi) is 5.44. The first-order chi connectivity index (χ1) is 9.95. The number of nitrogen functional groups attached to an aromatic ring is 1. The number of ether oxygens (including phenoxy) is 1. The molecule has 1 saturated heterocycles. The van der Waals surface area contributed by atoms with E-state index in [4.69, 9.17) is 10.5 Å². The van der Waals surface area contributed by atoms with Gasteiger partial charge in [-0.3, -0.25) is 0 Å². The molecule has 6 nitrogen and oxygen atoms in total. The molecular formula is C14H23N3O3S. The Morgan fingerprint density at radius 2 is 1.76 bits per heavy atom. The van der Waals surface area contributed by atoms with Crippen LogP contribution < -0.4 is 10.5 Å². The van der Waals surface area contributed by atoms with E-state index in [1.165, 1.54) is 10.6 Å². The Morgan fingerprint density at radius 1 is 1.14 bits per heavy atom. The lowest BCUT2D eigenvalue weighted by atomic mass is 10.3. The number of hydrogen-bond donors (Lipinski definition) is 1. The lowest BCUT2D eigenvalue weighted by Gasteiger charge is -2.33. The van der Waals surface area contributed by atoms with Crippen molar-refractivity contribution in [3.63, 3.8) is 0 Å². The number of benzene rings is 1. The van der Waals surface area contributed by atoms with Gasteiger partial charge < -0.3 is 15.4 Å². The largest absolute Gasteiger partial charge is 0.494 e. The van der Waals surface area contributed by atoms with Crippen LogP contribution in [0.15, 0.2) is 24.3 Å². The van der Waals surface area contributed by atoms with Crippen LogP contribution in [0, 0.1) is 0 Å². The molecule has 2 rings (SSSR count). The highest BCUT2D eigenvalue weighted by Gasteiger charge is 2.22. The van der Waals surface area contributed by atoms with Gasteiger partial charge in [0.2, 0.25) is 10.0 Å². The number of anilines is 1. The van der Waals surface area contributed by atoms with Crippen molar-refractivity contribution in [1.29, 1.82) is 0 Å². The molecule has 0 amide bonds. The predicted octanol–water partition coefficient (Wildman–Crippen LogP) is 0.615. The molecule has 1 fully saturated rings. The van der Waals surface area contributed by atoms with Crippen molar-refractivity contribution in [3.8, 4) is 5.75 Å². The molecule has 1 heterocycles. The normalized spacial score (nSPS) is 17.8. The lowest BCUT2D eigenvalue weighted by Crippen LogP contribution is -2.48. The summed E-state index contributed by atoms with van der Waals surface area (Å²) in [5.41, 5.74) is 6.34. The minimum absolute atomic E-state index is 0.581. The van der Waals surface area contributed by atoms with Crippen LogP contribution in [-0.2, 0) is 10.0 Å². The van der Waals surface area contributed by atoms with E-state index in [9.17, 15) is 8.42 Å². The molecule has 0 aliphatic carbocycles. The van der Waals surface area contributed by atoms with E-state index in [0.717, 1.165) is 37.5 Å². The quantitative estimate of drug-likeness (QED) is 0.615. The fourth-order valence-corrected chi connectivity index (χ4v) is 3.15. The molecular weight excluding hydrogens is 290 g/mol. The Balaban J connectivity index is 1.63. The predicted molar refractivity (Wildman–Crippen MR) is 83.8 cm³/mol. The van der Waals surface area contributed by atoms with Gasteiger partial charge >= 0.3 is 0 Å². The number of nitrogens with zero attached hydrogens (tertiary/aromatic N) is 2. The number of piperazine rings is 1. The molecule has 0 bridgehead atoms. The van der Waals surface area contributed by atoms with Crippen LogP contribution in [0.5, 0.6) is 5.75 Å². The van der Waals surface area contributed by atoms with Crippen molar-refractivity contribution in [3.05, 3.63) is 24.3 Å². The van der Waals surface area contributed by atoms with Gasteiger partial charge in [0, 0.05) is 38.4 Å². The summed E-state index contributed by atoms with van der Waals surface area (Å²) in [6.07, 6.45) is 2.19. The number of sulfonamides is 1. The summed E-state index contributed by atoms with van der Waals surface area (Å²) in [7, 11) is -3.04. The highest BCUT2D eigenvalue weighted by Crippen LogP contribution is 2.13. The third kappa shape index (κ3) is 5.18. The van der Waals surface area contributed by atoms with Crippen LogP contribution >= 0.6 is 0 Å². The molecule has 0 saturated carbocycles.